The number of thiocarbonyl (C=S) groups is 1. The number of amides is 1. The van der Waals surface area contributed by atoms with E-state index in [1.54, 1.807) is 7.11 Å². The number of thioether (sulfide) groups is 1. The van der Waals surface area contributed by atoms with Crippen molar-refractivity contribution >= 4 is 40.3 Å². The minimum Gasteiger partial charge on any atom is -0.497 e. The molecule has 1 amide bonds. The minimum absolute atomic E-state index is 0.181. The molecule has 4 rings (SSSR count). The van der Waals surface area contributed by atoms with E-state index in [-0.39, 0.29) is 5.91 Å². The number of ether oxygens (including phenoxy) is 1. The van der Waals surface area contributed by atoms with Gasteiger partial charge >= 0.3 is 0 Å². The van der Waals surface area contributed by atoms with Crippen molar-refractivity contribution in [3.8, 4) is 22.7 Å². The van der Waals surface area contributed by atoms with E-state index in [0.29, 0.717) is 9.23 Å². The molecule has 1 fully saturated rings. The summed E-state index contributed by atoms with van der Waals surface area (Å²) < 4.78 is 7.60. The summed E-state index contributed by atoms with van der Waals surface area (Å²) in [7, 11) is 1.65. The van der Waals surface area contributed by atoms with Crippen molar-refractivity contribution in [3.05, 3.63) is 70.8 Å². The molecule has 1 aliphatic rings. The van der Waals surface area contributed by atoms with Crippen LogP contribution in [0.25, 0.3) is 23.0 Å². The predicted molar refractivity (Wildman–Crippen MR) is 117 cm³/mol. The number of carbonyl (C=O) groups is 1. The lowest BCUT2D eigenvalue weighted by atomic mass is 10.0. The molecule has 28 heavy (non-hydrogen) atoms. The van der Waals surface area contributed by atoms with E-state index in [9.17, 15) is 4.79 Å². The number of rotatable bonds is 4. The van der Waals surface area contributed by atoms with E-state index in [0.717, 1.165) is 33.8 Å². The Hall–Kier alpha value is -2.90. The van der Waals surface area contributed by atoms with Gasteiger partial charge in [-0.1, -0.05) is 42.2 Å². The Morgan fingerprint density at radius 1 is 1.21 bits per heavy atom. The SMILES string of the molecule is COc1ccc(-c2nn(-c3ccccc3)cc2/C=C2/SC(=S)NC2=O)c(C)c1. The van der Waals surface area contributed by atoms with E-state index in [2.05, 4.69) is 5.32 Å². The largest absolute Gasteiger partial charge is 0.497 e. The third-order valence-electron chi connectivity index (χ3n) is 4.38. The first-order chi connectivity index (χ1) is 13.5. The molecule has 2 aromatic carbocycles. The molecule has 0 radical (unpaired) electrons. The van der Waals surface area contributed by atoms with Gasteiger partial charge in [0.15, 0.2) is 0 Å². The minimum atomic E-state index is -0.181. The zero-order valence-electron chi connectivity index (χ0n) is 15.3. The molecule has 3 aromatic rings. The quantitative estimate of drug-likeness (QED) is 0.515. The van der Waals surface area contributed by atoms with E-state index in [1.165, 1.54) is 11.8 Å². The molecular formula is C21H17N3O2S2. The van der Waals surface area contributed by atoms with Crippen LogP contribution in [0.2, 0.25) is 0 Å². The highest BCUT2D eigenvalue weighted by atomic mass is 32.2. The van der Waals surface area contributed by atoms with E-state index in [4.69, 9.17) is 22.1 Å². The molecule has 1 N–H and O–H groups in total. The van der Waals surface area contributed by atoms with Crippen LogP contribution in [0.15, 0.2) is 59.6 Å². The monoisotopic (exact) mass is 407 g/mol. The van der Waals surface area contributed by atoms with Gasteiger partial charge < -0.3 is 10.1 Å². The molecule has 0 atom stereocenters. The fraction of sp³-hybridized carbons (Fsp3) is 0.0952. The summed E-state index contributed by atoms with van der Waals surface area (Å²) >= 11 is 6.36. The molecule has 5 nitrogen and oxygen atoms in total. The number of hydrogen-bond donors (Lipinski definition) is 1. The number of para-hydroxylation sites is 1. The number of hydrogen-bond acceptors (Lipinski definition) is 5. The topological polar surface area (TPSA) is 56.1 Å². The first kappa shape index (κ1) is 18.5. The van der Waals surface area contributed by atoms with Crippen LogP contribution < -0.4 is 10.1 Å². The smallest absolute Gasteiger partial charge is 0.263 e. The summed E-state index contributed by atoms with van der Waals surface area (Å²) in [6.45, 7) is 2.02. The molecule has 1 saturated heterocycles. The number of nitrogens with one attached hydrogen (secondary N) is 1. The van der Waals surface area contributed by atoms with E-state index >= 15 is 0 Å². The summed E-state index contributed by atoms with van der Waals surface area (Å²) in [5, 5.41) is 7.47. The Morgan fingerprint density at radius 2 is 2.00 bits per heavy atom. The van der Waals surface area contributed by atoms with Crippen molar-refractivity contribution in [2.75, 3.05) is 7.11 Å². The number of aryl methyl sites for hydroxylation is 1. The standard InChI is InChI=1S/C21H17N3O2S2/c1-13-10-16(26-2)8-9-17(13)19-14(11-18-20(25)22-21(27)28-18)12-24(23-19)15-6-4-3-5-7-15/h3-12H,1-2H3,(H,22,25,27)/b18-11+. The normalized spacial score (nSPS) is 15.1. The third kappa shape index (κ3) is 3.58. The fourth-order valence-electron chi connectivity index (χ4n) is 3.01. The van der Waals surface area contributed by atoms with Gasteiger partial charge in [-0.25, -0.2) is 4.68 Å². The van der Waals surface area contributed by atoms with Crippen molar-refractivity contribution in [2.24, 2.45) is 0 Å². The summed E-state index contributed by atoms with van der Waals surface area (Å²) in [6.07, 6.45) is 3.77. The van der Waals surface area contributed by atoms with E-state index in [1.807, 2.05) is 72.4 Å². The van der Waals surface area contributed by atoms with Crippen LogP contribution in [-0.2, 0) is 4.79 Å². The lowest BCUT2D eigenvalue weighted by Gasteiger charge is -2.07. The van der Waals surface area contributed by atoms with Gasteiger partial charge in [-0.15, -0.1) is 0 Å². The Bertz CT molecular complexity index is 1100. The first-order valence-corrected chi connectivity index (χ1v) is 9.82. The van der Waals surface area contributed by atoms with Crippen molar-refractivity contribution < 1.29 is 9.53 Å². The van der Waals surface area contributed by atoms with Gasteiger partial charge in [0.2, 0.25) is 0 Å². The summed E-state index contributed by atoms with van der Waals surface area (Å²) in [5.41, 5.74) is 4.60. The van der Waals surface area contributed by atoms with Gasteiger partial charge in [0.1, 0.15) is 15.8 Å². The van der Waals surface area contributed by atoms with Gasteiger partial charge in [0.05, 0.1) is 17.7 Å². The lowest BCUT2D eigenvalue weighted by molar-refractivity contribution is -0.115. The Morgan fingerprint density at radius 3 is 2.64 bits per heavy atom. The Labute approximate surface area is 172 Å². The third-order valence-corrected chi connectivity index (χ3v) is 5.54. The maximum Gasteiger partial charge on any atom is 0.263 e. The summed E-state index contributed by atoms with van der Waals surface area (Å²) in [6, 6.07) is 15.7. The maximum atomic E-state index is 12.1. The Balaban J connectivity index is 1.86. The molecule has 0 saturated carbocycles. The number of methoxy groups -OCH3 is 1. The second kappa shape index (κ2) is 7.61. The van der Waals surface area contributed by atoms with Gasteiger partial charge in [0.25, 0.3) is 5.91 Å². The number of nitrogens with zero attached hydrogens (tertiary/aromatic N) is 2. The van der Waals surface area contributed by atoms with Crippen LogP contribution >= 0.6 is 24.0 Å². The van der Waals surface area contributed by atoms with Crippen LogP contribution in [-0.4, -0.2) is 27.1 Å². The van der Waals surface area contributed by atoms with Crippen molar-refractivity contribution in [2.45, 2.75) is 6.92 Å². The summed E-state index contributed by atoms with van der Waals surface area (Å²) in [4.78, 5) is 12.7. The molecule has 7 heteroatoms. The van der Waals surface area contributed by atoms with Gasteiger partial charge in [-0.2, -0.15) is 5.10 Å². The highest BCUT2D eigenvalue weighted by molar-refractivity contribution is 8.26. The molecule has 1 aliphatic heterocycles. The number of aromatic nitrogens is 2. The summed E-state index contributed by atoms with van der Waals surface area (Å²) in [5.74, 6) is 0.611. The highest BCUT2D eigenvalue weighted by Crippen LogP contribution is 2.33. The van der Waals surface area contributed by atoms with E-state index < -0.39 is 0 Å². The molecule has 0 unspecified atom stereocenters. The number of benzene rings is 2. The van der Waals surface area contributed by atoms with Crippen molar-refractivity contribution in [1.82, 2.24) is 15.1 Å². The second-order valence-corrected chi connectivity index (χ2v) is 7.97. The zero-order chi connectivity index (χ0) is 19.7. The molecule has 1 aromatic heterocycles. The predicted octanol–water partition coefficient (Wildman–Crippen LogP) is 4.35. The van der Waals surface area contributed by atoms with Crippen molar-refractivity contribution in [1.29, 1.82) is 0 Å². The van der Waals surface area contributed by atoms with Crippen LogP contribution in [0.3, 0.4) is 0 Å². The van der Waals surface area contributed by atoms with Crippen molar-refractivity contribution in [3.63, 3.8) is 0 Å². The molecule has 0 aliphatic carbocycles. The molecule has 2 heterocycles. The highest BCUT2D eigenvalue weighted by Gasteiger charge is 2.23. The van der Waals surface area contributed by atoms with Gasteiger partial charge in [-0.3, -0.25) is 4.79 Å². The average Bonchev–Trinajstić information content (AvgIpc) is 3.25. The average molecular weight is 408 g/mol. The van der Waals surface area contributed by atoms with Gasteiger partial charge in [0, 0.05) is 17.3 Å². The maximum absolute atomic E-state index is 12.1. The lowest BCUT2D eigenvalue weighted by Crippen LogP contribution is -2.17. The molecule has 0 spiro atoms. The van der Waals surface area contributed by atoms with Crippen LogP contribution in [0.4, 0.5) is 0 Å². The zero-order valence-corrected chi connectivity index (χ0v) is 16.9. The molecule has 0 bridgehead atoms. The second-order valence-electron chi connectivity index (χ2n) is 6.25. The van der Waals surface area contributed by atoms with Gasteiger partial charge in [-0.05, 0) is 48.9 Å². The first-order valence-electron chi connectivity index (χ1n) is 8.60. The fourth-order valence-corrected chi connectivity index (χ4v) is 4.04. The molecular weight excluding hydrogens is 390 g/mol. The Kier molecular flexibility index (Phi) is 5.02. The number of carbonyl (C=O) groups excluding carboxylic acids is 1. The van der Waals surface area contributed by atoms with Crippen LogP contribution in [0.1, 0.15) is 11.1 Å². The van der Waals surface area contributed by atoms with Crippen LogP contribution in [0.5, 0.6) is 5.75 Å². The van der Waals surface area contributed by atoms with Crippen LogP contribution in [0, 0.1) is 6.92 Å². The molecule has 140 valence electrons.